The van der Waals surface area contributed by atoms with Crippen LogP contribution in [0.1, 0.15) is 22.6 Å². The van der Waals surface area contributed by atoms with Gasteiger partial charge in [0, 0.05) is 5.02 Å². The van der Waals surface area contributed by atoms with E-state index in [2.05, 4.69) is 49.4 Å². The van der Waals surface area contributed by atoms with Crippen LogP contribution in [0, 0.1) is 6.92 Å². The van der Waals surface area contributed by atoms with Gasteiger partial charge in [0.2, 0.25) is 0 Å². The molecule has 1 unspecified atom stereocenters. The van der Waals surface area contributed by atoms with Crippen molar-refractivity contribution in [2.75, 3.05) is 7.11 Å². The Kier molecular flexibility index (Phi) is 5.37. The monoisotopic (exact) mass is 400 g/mol. The third-order valence-electron chi connectivity index (χ3n) is 5.23. The minimum Gasteiger partial charge on any atom is -0.468 e. The molecule has 2 nitrogen and oxygen atoms in total. The highest BCUT2D eigenvalue weighted by Gasteiger charge is 2.29. The topological polar surface area (TPSA) is 26.3 Å². The summed E-state index contributed by atoms with van der Waals surface area (Å²) in [7, 11) is 1.42. The van der Waals surface area contributed by atoms with Crippen molar-refractivity contribution in [3.63, 3.8) is 0 Å². The van der Waals surface area contributed by atoms with Crippen molar-refractivity contribution in [1.82, 2.24) is 0 Å². The molecule has 4 rings (SSSR count). The summed E-state index contributed by atoms with van der Waals surface area (Å²) >= 11 is 6.23. The molecule has 29 heavy (non-hydrogen) atoms. The average Bonchev–Trinajstić information content (AvgIpc) is 2.90. The number of esters is 1. The molecule has 0 aromatic heterocycles. The van der Waals surface area contributed by atoms with Crippen LogP contribution in [0.2, 0.25) is 5.02 Å². The van der Waals surface area contributed by atoms with Crippen LogP contribution in [0.4, 0.5) is 0 Å². The lowest BCUT2D eigenvalue weighted by molar-refractivity contribution is -0.141. The Bertz CT molecular complexity index is 1130. The van der Waals surface area contributed by atoms with E-state index in [1.54, 1.807) is 6.07 Å². The molecule has 0 saturated carbocycles. The van der Waals surface area contributed by atoms with Gasteiger partial charge in [0.15, 0.2) is 0 Å². The van der Waals surface area contributed by atoms with Gasteiger partial charge in [0.1, 0.15) is 5.92 Å². The molecule has 0 heterocycles. The molecule has 2 aliphatic rings. The van der Waals surface area contributed by atoms with Crippen LogP contribution in [-0.4, -0.2) is 13.1 Å². The van der Waals surface area contributed by atoms with Gasteiger partial charge in [0.05, 0.1) is 7.11 Å². The van der Waals surface area contributed by atoms with E-state index in [0.29, 0.717) is 5.02 Å². The molecule has 144 valence electrons. The van der Waals surface area contributed by atoms with Crippen molar-refractivity contribution in [2.24, 2.45) is 0 Å². The summed E-state index contributed by atoms with van der Waals surface area (Å²) in [6, 6.07) is 28.1. The Morgan fingerprint density at radius 1 is 0.828 bits per heavy atom. The first-order valence-corrected chi connectivity index (χ1v) is 9.88. The summed E-state index contributed by atoms with van der Waals surface area (Å²) in [5.74, 6) is -0.857. The number of ether oxygens (including phenoxy) is 1. The van der Waals surface area contributed by atoms with Crippen LogP contribution in [-0.2, 0) is 9.53 Å². The van der Waals surface area contributed by atoms with Gasteiger partial charge in [0.25, 0.3) is 0 Å². The fourth-order valence-electron chi connectivity index (χ4n) is 3.80. The standard InChI is InChI=1S/C26H21ClO2/c1-17-11-13-18(14-12-17)23-16-24(22-10-5-3-4-9-21(22)23)25(26(28)29-2)19-7-6-8-20(27)15-19/h3-16,25H,1-2H3. The molecule has 2 aromatic rings. The third kappa shape index (κ3) is 3.76. The Hall–Kier alpha value is -3.10. The van der Waals surface area contributed by atoms with E-state index in [1.165, 1.54) is 12.7 Å². The summed E-state index contributed by atoms with van der Waals surface area (Å²) in [6.45, 7) is 2.07. The van der Waals surface area contributed by atoms with Crippen LogP contribution >= 0.6 is 11.6 Å². The summed E-state index contributed by atoms with van der Waals surface area (Å²) in [4.78, 5) is 12.9. The first-order chi connectivity index (χ1) is 14.1. The molecule has 3 heteroatoms. The number of benzene rings is 2. The third-order valence-corrected chi connectivity index (χ3v) is 5.47. The molecule has 0 aliphatic heterocycles. The average molecular weight is 401 g/mol. The number of halogens is 1. The van der Waals surface area contributed by atoms with E-state index >= 15 is 0 Å². The molecule has 2 aliphatic carbocycles. The van der Waals surface area contributed by atoms with Gasteiger partial charge in [-0.3, -0.25) is 4.79 Å². The largest absolute Gasteiger partial charge is 0.468 e. The van der Waals surface area contributed by atoms with E-state index in [1.807, 2.05) is 36.4 Å². The number of carbonyl (C=O) groups excluding carboxylic acids is 1. The highest BCUT2D eigenvalue weighted by atomic mass is 35.5. The fraction of sp³-hybridized carbons (Fsp3) is 0.115. The van der Waals surface area contributed by atoms with Crippen LogP contribution in [0.3, 0.4) is 0 Å². The van der Waals surface area contributed by atoms with Gasteiger partial charge in [-0.05, 0) is 58.5 Å². The summed E-state index contributed by atoms with van der Waals surface area (Å²) in [5.41, 5.74) is 7.29. The summed E-state index contributed by atoms with van der Waals surface area (Å²) in [6.07, 6.45) is 0. The second-order valence-electron chi connectivity index (χ2n) is 7.13. The van der Waals surface area contributed by atoms with E-state index < -0.39 is 5.92 Å². The van der Waals surface area contributed by atoms with Crippen molar-refractivity contribution in [3.8, 4) is 22.3 Å². The molecular formula is C26H21ClO2. The first kappa shape index (κ1) is 19.2. The predicted octanol–water partition coefficient (Wildman–Crippen LogP) is 6.73. The van der Waals surface area contributed by atoms with Gasteiger partial charge in [-0.25, -0.2) is 0 Å². The van der Waals surface area contributed by atoms with Crippen LogP contribution in [0.15, 0.2) is 84.9 Å². The van der Waals surface area contributed by atoms with Crippen molar-refractivity contribution in [2.45, 2.75) is 12.8 Å². The fourth-order valence-corrected chi connectivity index (χ4v) is 4.00. The Balaban J connectivity index is 1.96. The quantitative estimate of drug-likeness (QED) is 0.355. The normalized spacial score (nSPS) is 12.0. The smallest absolute Gasteiger partial charge is 0.317 e. The number of fused-ring (bicyclic) bond motifs is 1. The lowest BCUT2D eigenvalue weighted by Gasteiger charge is -2.16. The molecule has 0 amide bonds. The van der Waals surface area contributed by atoms with Crippen LogP contribution in [0.5, 0.6) is 0 Å². The second-order valence-corrected chi connectivity index (χ2v) is 7.57. The predicted molar refractivity (Wildman–Crippen MR) is 119 cm³/mol. The van der Waals surface area contributed by atoms with Crippen molar-refractivity contribution >= 4 is 17.6 Å². The zero-order valence-electron chi connectivity index (χ0n) is 16.4. The molecule has 1 atom stereocenters. The molecule has 0 N–H and O–H groups in total. The molecule has 0 spiro atoms. The highest BCUT2D eigenvalue weighted by Crippen LogP contribution is 2.44. The maximum Gasteiger partial charge on any atom is 0.317 e. The Morgan fingerprint density at radius 2 is 1.55 bits per heavy atom. The number of carbonyl (C=O) groups is 1. The minimum absolute atomic E-state index is 0.305. The van der Waals surface area contributed by atoms with E-state index in [-0.39, 0.29) is 5.97 Å². The molecule has 2 aromatic carbocycles. The molecule has 0 bridgehead atoms. The summed E-state index contributed by atoms with van der Waals surface area (Å²) < 4.78 is 5.18. The number of hydrogen-bond donors (Lipinski definition) is 0. The van der Waals surface area contributed by atoms with Gasteiger partial charge in [-0.15, -0.1) is 0 Å². The van der Waals surface area contributed by atoms with Gasteiger partial charge < -0.3 is 4.74 Å². The number of rotatable bonds is 4. The maximum absolute atomic E-state index is 12.9. The number of hydrogen-bond acceptors (Lipinski definition) is 2. The van der Waals surface area contributed by atoms with E-state index in [9.17, 15) is 4.79 Å². The zero-order chi connectivity index (χ0) is 20.4. The lowest BCUT2D eigenvalue weighted by Crippen LogP contribution is -2.15. The van der Waals surface area contributed by atoms with Gasteiger partial charge in [-0.2, -0.15) is 0 Å². The first-order valence-electron chi connectivity index (χ1n) is 9.50. The van der Waals surface area contributed by atoms with Gasteiger partial charge >= 0.3 is 5.97 Å². The van der Waals surface area contributed by atoms with Crippen molar-refractivity contribution in [1.29, 1.82) is 0 Å². The molecule has 0 saturated heterocycles. The van der Waals surface area contributed by atoms with Crippen LogP contribution in [0.25, 0.3) is 22.3 Å². The summed E-state index contributed by atoms with van der Waals surface area (Å²) in [5, 5.41) is 0.594. The maximum atomic E-state index is 12.9. The van der Waals surface area contributed by atoms with Crippen LogP contribution < -0.4 is 0 Å². The highest BCUT2D eigenvalue weighted by molar-refractivity contribution is 6.30. The minimum atomic E-state index is -0.553. The number of methoxy groups -OCH3 is 1. The zero-order valence-corrected chi connectivity index (χ0v) is 17.1. The van der Waals surface area contributed by atoms with Crippen molar-refractivity contribution in [3.05, 3.63) is 107 Å². The molecule has 0 fully saturated rings. The van der Waals surface area contributed by atoms with E-state index in [0.717, 1.165) is 33.4 Å². The second kappa shape index (κ2) is 8.10. The Morgan fingerprint density at radius 3 is 2.24 bits per heavy atom. The number of aryl methyl sites for hydroxylation is 1. The Labute approximate surface area is 176 Å². The van der Waals surface area contributed by atoms with Crippen molar-refractivity contribution < 1.29 is 9.53 Å². The molecule has 0 radical (unpaired) electrons. The van der Waals surface area contributed by atoms with Gasteiger partial charge in [-0.1, -0.05) is 83.9 Å². The SMILES string of the molecule is COC(=O)C(c1cccc(Cl)c1)c1cc(-c2ccc(C)cc2)c2cccccc1-2. The molecular weight excluding hydrogens is 380 g/mol. The van der Waals surface area contributed by atoms with E-state index in [4.69, 9.17) is 16.3 Å². The lowest BCUT2D eigenvalue weighted by atomic mass is 9.90.